The summed E-state index contributed by atoms with van der Waals surface area (Å²) in [5.41, 5.74) is 0.123. The van der Waals surface area contributed by atoms with Crippen molar-refractivity contribution in [1.82, 2.24) is 0 Å². The fourth-order valence-electron chi connectivity index (χ4n) is 1.86. The quantitative estimate of drug-likeness (QED) is 0.337. The molecule has 0 radical (unpaired) electrons. The van der Waals surface area contributed by atoms with Gasteiger partial charge in [0, 0.05) is 0 Å². The number of benzene rings is 1. The molecule has 0 aliphatic rings. The maximum absolute atomic E-state index is 14.2. The van der Waals surface area contributed by atoms with Crippen LogP contribution in [-0.2, 0) is 9.53 Å². The normalized spacial score (nSPS) is 15.8. The van der Waals surface area contributed by atoms with Gasteiger partial charge in [-0.3, -0.25) is 4.74 Å². The summed E-state index contributed by atoms with van der Waals surface area (Å²) in [6.45, 7) is 3.69. The third kappa shape index (κ3) is 4.41. The van der Waals surface area contributed by atoms with Gasteiger partial charge in [-0.15, -0.1) is 0 Å². The average molecular weight is 448 g/mol. The Morgan fingerprint density at radius 2 is 1.21 bits per heavy atom. The molecule has 166 valence electrons. The maximum atomic E-state index is 14.2. The minimum atomic E-state index is -7.27. The van der Waals surface area contributed by atoms with Crippen molar-refractivity contribution in [2.75, 3.05) is 0 Å². The lowest BCUT2D eigenvalue weighted by atomic mass is 10.1. The van der Waals surface area contributed by atoms with Crippen molar-refractivity contribution in [2.45, 2.75) is 51.0 Å². The standard InChI is InChI=1S/C15H11F11O3/c1-6-4-5-7(2)9(8(6)3)28-10(27)11(16,13(19,20)21)29-15(25,26)12(17,18)14(22,23)24/h4-5H,1-3H3/t11-/m0/s1. The van der Waals surface area contributed by atoms with Gasteiger partial charge in [-0.05, 0) is 37.5 Å². The summed E-state index contributed by atoms with van der Waals surface area (Å²) in [5, 5.41) is 0. The molecule has 14 heteroatoms. The third-order valence-corrected chi connectivity index (χ3v) is 3.69. The molecule has 0 fully saturated rings. The molecular formula is C15H11F11O3. The number of hydrogen-bond donors (Lipinski definition) is 0. The number of hydrogen-bond acceptors (Lipinski definition) is 3. The Bertz CT molecular complexity index is 783. The minimum Gasteiger partial charge on any atom is -0.421 e. The number of esters is 1. The van der Waals surface area contributed by atoms with E-state index in [1.807, 2.05) is 0 Å². The van der Waals surface area contributed by atoms with Gasteiger partial charge in [0.05, 0.1) is 0 Å². The third-order valence-electron chi connectivity index (χ3n) is 3.69. The van der Waals surface area contributed by atoms with Crippen molar-refractivity contribution in [3.8, 4) is 5.75 Å². The highest BCUT2D eigenvalue weighted by Gasteiger charge is 2.80. The Kier molecular flexibility index (Phi) is 6.26. The van der Waals surface area contributed by atoms with Crippen LogP contribution in [0.4, 0.5) is 48.3 Å². The van der Waals surface area contributed by atoms with E-state index >= 15 is 0 Å². The van der Waals surface area contributed by atoms with Crippen LogP contribution < -0.4 is 4.74 Å². The van der Waals surface area contributed by atoms with Crippen molar-refractivity contribution < 1.29 is 62.6 Å². The van der Waals surface area contributed by atoms with Crippen LogP contribution in [0.1, 0.15) is 16.7 Å². The lowest BCUT2D eigenvalue weighted by Gasteiger charge is -2.33. The van der Waals surface area contributed by atoms with E-state index in [2.05, 4.69) is 9.47 Å². The van der Waals surface area contributed by atoms with Crippen LogP contribution in [0.15, 0.2) is 12.1 Å². The largest absolute Gasteiger partial charge is 0.462 e. The Balaban J connectivity index is 3.44. The minimum absolute atomic E-state index is 0.0599. The Hall–Kier alpha value is -2.12. The van der Waals surface area contributed by atoms with Gasteiger partial charge in [0.1, 0.15) is 5.75 Å². The molecule has 0 aromatic heterocycles. The smallest absolute Gasteiger partial charge is 0.421 e. The first kappa shape index (κ1) is 24.9. The molecule has 0 saturated carbocycles. The second kappa shape index (κ2) is 7.29. The van der Waals surface area contributed by atoms with E-state index in [1.165, 1.54) is 26.0 Å². The number of aryl methyl sites for hydroxylation is 2. The molecule has 0 amide bonds. The van der Waals surface area contributed by atoms with Gasteiger partial charge in [0.2, 0.25) is 0 Å². The molecule has 1 rings (SSSR count). The Morgan fingerprint density at radius 3 is 1.62 bits per heavy atom. The van der Waals surface area contributed by atoms with Gasteiger partial charge < -0.3 is 4.74 Å². The summed E-state index contributed by atoms with van der Waals surface area (Å²) < 4.78 is 147. The summed E-state index contributed by atoms with van der Waals surface area (Å²) in [6.07, 6.45) is -21.1. The Labute approximate surface area is 155 Å². The monoisotopic (exact) mass is 448 g/mol. The van der Waals surface area contributed by atoms with E-state index in [4.69, 9.17) is 0 Å². The molecular weight excluding hydrogens is 437 g/mol. The lowest BCUT2D eigenvalue weighted by molar-refractivity contribution is -0.474. The van der Waals surface area contributed by atoms with Crippen molar-refractivity contribution >= 4 is 5.97 Å². The van der Waals surface area contributed by atoms with E-state index in [9.17, 15) is 53.1 Å². The first-order valence-corrected chi connectivity index (χ1v) is 7.26. The number of carbonyl (C=O) groups excluding carboxylic acids is 1. The fraction of sp³-hybridized carbons (Fsp3) is 0.533. The molecule has 0 saturated heterocycles. The van der Waals surface area contributed by atoms with E-state index < -0.39 is 42.0 Å². The molecule has 0 heterocycles. The zero-order chi connectivity index (χ0) is 23.2. The van der Waals surface area contributed by atoms with Crippen LogP contribution in [0.5, 0.6) is 5.75 Å². The summed E-state index contributed by atoms with van der Waals surface area (Å²) in [4.78, 5) is 11.6. The van der Waals surface area contributed by atoms with Crippen LogP contribution in [0.2, 0.25) is 0 Å². The van der Waals surface area contributed by atoms with Gasteiger partial charge in [-0.25, -0.2) is 4.79 Å². The number of rotatable bonds is 5. The predicted molar refractivity (Wildman–Crippen MR) is 73.2 cm³/mol. The molecule has 1 atom stereocenters. The summed E-state index contributed by atoms with van der Waals surface area (Å²) >= 11 is 0. The maximum Gasteiger partial charge on any atom is 0.462 e. The van der Waals surface area contributed by atoms with E-state index in [0.717, 1.165) is 6.92 Å². The highest BCUT2D eigenvalue weighted by Crippen LogP contribution is 2.51. The summed E-state index contributed by atoms with van der Waals surface area (Å²) in [7, 11) is 0. The van der Waals surface area contributed by atoms with E-state index in [1.54, 1.807) is 0 Å². The summed E-state index contributed by atoms with van der Waals surface area (Å²) in [5.74, 6) is -17.7. The highest BCUT2D eigenvalue weighted by molar-refractivity contribution is 5.81. The molecule has 29 heavy (non-hydrogen) atoms. The van der Waals surface area contributed by atoms with Gasteiger partial charge in [0.15, 0.2) is 0 Å². The van der Waals surface area contributed by atoms with Gasteiger partial charge >= 0.3 is 36.2 Å². The molecule has 0 aliphatic carbocycles. The molecule has 1 aromatic rings. The Morgan fingerprint density at radius 1 is 0.759 bits per heavy atom. The summed E-state index contributed by atoms with van der Waals surface area (Å²) in [6, 6.07) is 2.56. The predicted octanol–water partition coefficient (Wildman–Crippen LogP) is 5.55. The lowest BCUT2D eigenvalue weighted by Crippen LogP contribution is -2.62. The van der Waals surface area contributed by atoms with Gasteiger partial charge in [-0.2, -0.15) is 48.3 Å². The molecule has 1 aromatic carbocycles. The van der Waals surface area contributed by atoms with Crippen LogP contribution in [0.25, 0.3) is 0 Å². The molecule has 0 N–H and O–H groups in total. The van der Waals surface area contributed by atoms with Crippen LogP contribution in [0, 0.1) is 20.8 Å². The van der Waals surface area contributed by atoms with Crippen molar-refractivity contribution in [3.63, 3.8) is 0 Å². The van der Waals surface area contributed by atoms with Crippen molar-refractivity contribution in [3.05, 3.63) is 28.8 Å². The van der Waals surface area contributed by atoms with Gasteiger partial charge in [0.25, 0.3) is 0 Å². The first-order chi connectivity index (χ1) is 12.7. The molecule has 0 aliphatic heterocycles. The first-order valence-electron chi connectivity index (χ1n) is 7.26. The number of halogens is 11. The zero-order valence-electron chi connectivity index (χ0n) is 14.5. The molecule has 0 unspecified atom stereocenters. The average Bonchev–Trinajstić information content (AvgIpc) is 2.52. The van der Waals surface area contributed by atoms with E-state index in [0.29, 0.717) is 0 Å². The van der Waals surface area contributed by atoms with Crippen LogP contribution >= 0.6 is 0 Å². The second-order valence-electron chi connectivity index (χ2n) is 5.83. The second-order valence-corrected chi connectivity index (χ2v) is 5.83. The molecule has 0 bridgehead atoms. The zero-order valence-corrected chi connectivity index (χ0v) is 14.5. The molecule has 0 spiro atoms. The van der Waals surface area contributed by atoms with Crippen LogP contribution in [0.3, 0.4) is 0 Å². The SMILES string of the molecule is Cc1ccc(C)c(OC(=O)[C@](F)(OC(F)(F)C(F)(F)C(F)(F)F)C(F)(F)F)c1C. The number of alkyl halides is 11. The topological polar surface area (TPSA) is 35.5 Å². The van der Waals surface area contributed by atoms with Gasteiger partial charge in [-0.1, -0.05) is 12.1 Å². The van der Waals surface area contributed by atoms with Crippen LogP contribution in [-0.4, -0.2) is 36.2 Å². The fourth-order valence-corrected chi connectivity index (χ4v) is 1.86. The van der Waals surface area contributed by atoms with Crippen molar-refractivity contribution in [1.29, 1.82) is 0 Å². The number of carbonyl (C=O) groups is 1. The van der Waals surface area contributed by atoms with Crippen molar-refractivity contribution in [2.24, 2.45) is 0 Å². The number of ether oxygens (including phenoxy) is 2. The molecule has 3 nitrogen and oxygen atoms in total. The van der Waals surface area contributed by atoms with E-state index in [-0.39, 0.29) is 16.7 Å². The highest BCUT2D eigenvalue weighted by atomic mass is 19.4.